The molecule has 0 bridgehead atoms. The van der Waals surface area contributed by atoms with Gasteiger partial charge in [-0.15, -0.1) is 11.3 Å². The molecule has 0 aliphatic heterocycles. The van der Waals surface area contributed by atoms with Crippen LogP contribution in [0.5, 0.6) is 11.6 Å². The highest BCUT2D eigenvalue weighted by Gasteiger charge is 2.15. The van der Waals surface area contributed by atoms with Crippen LogP contribution in [-0.4, -0.2) is 25.7 Å². The molecule has 3 heterocycles. The summed E-state index contributed by atoms with van der Waals surface area (Å²) in [6.07, 6.45) is 1.43. The zero-order valence-corrected chi connectivity index (χ0v) is 19.1. The molecule has 4 rings (SSSR count). The highest BCUT2D eigenvalue weighted by atomic mass is 35.5. The first-order valence-electron chi connectivity index (χ1n) is 9.21. The molecular formula is C21H17Cl2N5O2S. The first-order valence-corrected chi connectivity index (χ1v) is 10.8. The minimum atomic E-state index is -0.331. The summed E-state index contributed by atoms with van der Waals surface area (Å²) in [4.78, 5) is 20.8. The van der Waals surface area contributed by atoms with Gasteiger partial charge in [0, 0.05) is 17.4 Å². The number of carbonyl (C=O) groups excluding carboxylic acids is 1. The quantitative estimate of drug-likeness (QED) is 0.384. The van der Waals surface area contributed by atoms with E-state index >= 15 is 0 Å². The Bertz CT molecular complexity index is 1270. The van der Waals surface area contributed by atoms with Crippen molar-refractivity contribution in [2.75, 3.05) is 5.32 Å². The van der Waals surface area contributed by atoms with Gasteiger partial charge in [-0.2, -0.15) is 5.10 Å². The Labute approximate surface area is 192 Å². The van der Waals surface area contributed by atoms with Gasteiger partial charge in [-0.25, -0.2) is 14.6 Å². The van der Waals surface area contributed by atoms with Gasteiger partial charge in [-0.3, -0.25) is 4.79 Å². The minimum absolute atomic E-state index is 0.331. The van der Waals surface area contributed by atoms with Crippen LogP contribution >= 0.6 is 34.5 Å². The number of thiophene rings is 1. The van der Waals surface area contributed by atoms with Gasteiger partial charge in [-0.1, -0.05) is 23.2 Å². The molecule has 10 heteroatoms. The number of halogens is 2. The normalized spacial score (nSPS) is 10.9. The number of aryl methyl sites for hydroxylation is 1. The summed E-state index contributed by atoms with van der Waals surface area (Å²) in [5.74, 6) is 1.23. The topological polar surface area (TPSA) is 81.9 Å². The second-order valence-electron chi connectivity index (χ2n) is 6.74. The molecule has 7 nitrogen and oxygen atoms in total. The van der Waals surface area contributed by atoms with Crippen LogP contribution in [0.15, 0.2) is 42.7 Å². The van der Waals surface area contributed by atoms with E-state index in [4.69, 9.17) is 27.9 Å². The van der Waals surface area contributed by atoms with Crippen LogP contribution < -0.4 is 10.1 Å². The molecule has 0 saturated heterocycles. The fraction of sp³-hybridized carbons (Fsp3) is 0.143. The lowest BCUT2D eigenvalue weighted by Gasteiger charge is -2.09. The zero-order chi connectivity index (χ0) is 22.1. The average Bonchev–Trinajstić information content (AvgIpc) is 3.22. The van der Waals surface area contributed by atoms with Crippen LogP contribution in [0.2, 0.25) is 8.67 Å². The molecule has 1 aromatic carbocycles. The lowest BCUT2D eigenvalue weighted by molar-refractivity contribution is 0.102. The number of hydrogen-bond acceptors (Lipinski definition) is 6. The van der Waals surface area contributed by atoms with Crippen molar-refractivity contribution in [1.82, 2.24) is 19.7 Å². The molecule has 0 unspecified atom stereocenters. The Balaban J connectivity index is 1.47. The van der Waals surface area contributed by atoms with Crippen molar-refractivity contribution < 1.29 is 9.53 Å². The van der Waals surface area contributed by atoms with Crippen LogP contribution in [-0.2, 0) is 0 Å². The number of amides is 1. The van der Waals surface area contributed by atoms with E-state index in [1.807, 2.05) is 20.8 Å². The molecule has 3 aromatic heterocycles. The molecule has 0 aliphatic carbocycles. The molecule has 158 valence electrons. The van der Waals surface area contributed by atoms with Gasteiger partial charge < -0.3 is 10.1 Å². The summed E-state index contributed by atoms with van der Waals surface area (Å²) >= 11 is 13.1. The Morgan fingerprint density at radius 3 is 2.45 bits per heavy atom. The monoisotopic (exact) mass is 473 g/mol. The van der Waals surface area contributed by atoms with Gasteiger partial charge in [-0.05, 0) is 56.7 Å². The standard InChI is InChI=1S/C21H17Cl2N5O2S/c1-11-12(2)27-28(13(11)3)18-9-19(25-10-24-18)30-15-6-4-14(5-7-15)26-21(29)16-8-17(22)31-20(16)23/h4-10H,1-3H3,(H,26,29). The maximum absolute atomic E-state index is 12.3. The molecule has 0 atom stereocenters. The van der Waals surface area contributed by atoms with Crippen molar-refractivity contribution in [2.24, 2.45) is 0 Å². The van der Waals surface area contributed by atoms with E-state index in [1.54, 1.807) is 41.1 Å². The van der Waals surface area contributed by atoms with E-state index in [1.165, 1.54) is 6.33 Å². The van der Waals surface area contributed by atoms with Crippen molar-refractivity contribution in [2.45, 2.75) is 20.8 Å². The maximum Gasteiger partial charge on any atom is 0.258 e. The van der Waals surface area contributed by atoms with Crippen LogP contribution in [0.3, 0.4) is 0 Å². The van der Waals surface area contributed by atoms with Crippen molar-refractivity contribution >= 4 is 46.1 Å². The average molecular weight is 474 g/mol. The molecule has 0 aliphatic rings. The first-order chi connectivity index (χ1) is 14.8. The van der Waals surface area contributed by atoms with Crippen molar-refractivity contribution in [3.05, 3.63) is 73.9 Å². The lowest BCUT2D eigenvalue weighted by Crippen LogP contribution is -2.11. The molecule has 0 radical (unpaired) electrons. The number of carbonyl (C=O) groups is 1. The van der Waals surface area contributed by atoms with Crippen LogP contribution in [0, 0.1) is 20.8 Å². The third-order valence-corrected chi connectivity index (χ3v) is 6.22. The smallest absolute Gasteiger partial charge is 0.258 e. The third-order valence-electron chi connectivity index (χ3n) is 4.73. The second kappa shape index (κ2) is 8.66. The zero-order valence-electron chi connectivity index (χ0n) is 16.8. The molecule has 1 N–H and O–H groups in total. The second-order valence-corrected chi connectivity index (χ2v) is 9.03. The van der Waals surface area contributed by atoms with E-state index in [2.05, 4.69) is 20.4 Å². The Hall–Kier alpha value is -2.94. The van der Waals surface area contributed by atoms with E-state index < -0.39 is 0 Å². The van der Waals surface area contributed by atoms with Crippen molar-refractivity contribution in [3.63, 3.8) is 0 Å². The largest absolute Gasteiger partial charge is 0.439 e. The SMILES string of the molecule is Cc1nn(-c2cc(Oc3ccc(NC(=O)c4cc(Cl)sc4Cl)cc3)ncn2)c(C)c1C. The number of nitrogens with zero attached hydrogens (tertiary/aromatic N) is 4. The summed E-state index contributed by atoms with van der Waals surface area (Å²) in [7, 11) is 0. The summed E-state index contributed by atoms with van der Waals surface area (Å²) in [5.41, 5.74) is 4.00. The molecule has 0 saturated carbocycles. The van der Waals surface area contributed by atoms with E-state index in [0.29, 0.717) is 37.4 Å². The van der Waals surface area contributed by atoms with Gasteiger partial charge in [0.15, 0.2) is 5.82 Å². The Morgan fingerprint density at radius 1 is 1.10 bits per heavy atom. The van der Waals surface area contributed by atoms with E-state index in [9.17, 15) is 4.79 Å². The number of aromatic nitrogens is 4. The molecular weight excluding hydrogens is 457 g/mol. The summed E-state index contributed by atoms with van der Waals surface area (Å²) in [6, 6.07) is 10.2. The number of ether oxygens (including phenoxy) is 1. The minimum Gasteiger partial charge on any atom is -0.439 e. The fourth-order valence-electron chi connectivity index (χ4n) is 2.87. The van der Waals surface area contributed by atoms with Crippen LogP contribution in [0.1, 0.15) is 27.3 Å². The first kappa shape index (κ1) is 21.3. The van der Waals surface area contributed by atoms with Gasteiger partial charge in [0.25, 0.3) is 5.91 Å². The highest BCUT2D eigenvalue weighted by molar-refractivity contribution is 7.20. The van der Waals surface area contributed by atoms with Gasteiger partial charge >= 0.3 is 0 Å². The van der Waals surface area contributed by atoms with E-state index in [0.717, 1.165) is 28.3 Å². The van der Waals surface area contributed by atoms with Crippen LogP contribution in [0.4, 0.5) is 5.69 Å². The number of benzene rings is 1. The lowest BCUT2D eigenvalue weighted by atomic mass is 10.2. The van der Waals surface area contributed by atoms with E-state index in [-0.39, 0.29) is 5.91 Å². The van der Waals surface area contributed by atoms with Gasteiger partial charge in [0.2, 0.25) is 5.88 Å². The highest BCUT2D eigenvalue weighted by Crippen LogP contribution is 2.32. The summed E-state index contributed by atoms with van der Waals surface area (Å²) in [6.45, 7) is 5.97. The van der Waals surface area contributed by atoms with Gasteiger partial charge in [0.05, 0.1) is 15.6 Å². The maximum atomic E-state index is 12.3. The summed E-state index contributed by atoms with van der Waals surface area (Å²) < 4.78 is 8.41. The van der Waals surface area contributed by atoms with Crippen LogP contribution in [0.25, 0.3) is 5.82 Å². The van der Waals surface area contributed by atoms with Gasteiger partial charge in [0.1, 0.15) is 16.4 Å². The van der Waals surface area contributed by atoms with Crippen molar-refractivity contribution in [3.8, 4) is 17.4 Å². The third kappa shape index (κ3) is 4.56. The predicted octanol–water partition coefficient (Wildman–Crippen LogP) is 6.00. The fourth-order valence-corrected chi connectivity index (χ4v) is 4.32. The Morgan fingerprint density at radius 2 is 1.84 bits per heavy atom. The number of nitrogens with one attached hydrogen (secondary N) is 1. The predicted molar refractivity (Wildman–Crippen MR) is 122 cm³/mol. The number of anilines is 1. The number of hydrogen-bond donors (Lipinski definition) is 1. The molecule has 0 fully saturated rings. The molecule has 1 amide bonds. The van der Waals surface area contributed by atoms with Crippen molar-refractivity contribution in [1.29, 1.82) is 0 Å². The molecule has 4 aromatic rings. The molecule has 31 heavy (non-hydrogen) atoms. The number of rotatable bonds is 5. The molecule has 0 spiro atoms. The Kier molecular flexibility index (Phi) is 5.95. The summed E-state index contributed by atoms with van der Waals surface area (Å²) in [5, 5.41) is 7.29.